The molecule has 0 spiro atoms. The number of rotatable bonds is 16. The molecule has 1 aliphatic heterocycles. The summed E-state index contributed by atoms with van der Waals surface area (Å²) >= 11 is 1.30. The Labute approximate surface area is 247 Å². The summed E-state index contributed by atoms with van der Waals surface area (Å²) in [7, 11) is 0. The van der Waals surface area contributed by atoms with E-state index >= 15 is 0 Å². The molecule has 2 aromatic carbocycles. The van der Waals surface area contributed by atoms with E-state index in [2.05, 4.69) is 24.3 Å². The molecule has 7 N–H and O–H groups in total. The number of hydrogen-bond acceptors (Lipinski definition) is 10. The van der Waals surface area contributed by atoms with Crippen molar-refractivity contribution in [1.29, 1.82) is 0 Å². The quantitative estimate of drug-likeness (QED) is 0.141. The zero-order chi connectivity index (χ0) is 29.9. The summed E-state index contributed by atoms with van der Waals surface area (Å²) < 4.78 is 5.95. The maximum absolute atomic E-state index is 10.6. The van der Waals surface area contributed by atoms with E-state index in [0.29, 0.717) is 6.54 Å². The third-order valence-electron chi connectivity index (χ3n) is 7.72. The summed E-state index contributed by atoms with van der Waals surface area (Å²) in [5.41, 5.74) is 4.80. The second kappa shape index (κ2) is 16.9. The van der Waals surface area contributed by atoms with Crippen molar-refractivity contribution in [2.75, 3.05) is 39.1 Å². The van der Waals surface area contributed by atoms with E-state index in [4.69, 9.17) is 14.9 Å². The normalized spacial score (nSPS) is 24.5. The van der Waals surface area contributed by atoms with Crippen LogP contribution in [0.3, 0.4) is 0 Å². The number of nitrogens with zero attached hydrogens (tertiary/aromatic N) is 1. The van der Waals surface area contributed by atoms with E-state index in [-0.39, 0.29) is 26.3 Å². The molecular weight excluding hydrogens is 546 g/mol. The van der Waals surface area contributed by atoms with E-state index in [1.165, 1.54) is 17.3 Å². The number of aliphatic hydroxyl groups is 7. The van der Waals surface area contributed by atoms with Crippen LogP contribution in [0, 0.1) is 6.92 Å². The molecule has 41 heavy (non-hydrogen) atoms. The first-order valence-corrected chi connectivity index (χ1v) is 15.7. The summed E-state index contributed by atoms with van der Waals surface area (Å²) in [6, 6.07) is 14.5. The number of unbranched alkanes of at least 4 members (excludes halogenated alkanes) is 2. The summed E-state index contributed by atoms with van der Waals surface area (Å²) in [5, 5.41) is 68.8. The molecule has 0 aromatic heterocycles. The molecule has 2 aromatic rings. The third kappa shape index (κ3) is 10.00. The maximum Gasteiger partial charge on any atom is 0.132 e. The molecule has 230 valence electrons. The van der Waals surface area contributed by atoms with Crippen LogP contribution in [0.4, 0.5) is 0 Å². The lowest BCUT2D eigenvalue weighted by molar-refractivity contribution is -0.200. The number of thioether (sulfide) groups is 1. The van der Waals surface area contributed by atoms with Gasteiger partial charge in [-0.25, -0.2) is 0 Å². The minimum absolute atomic E-state index is 0.259. The van der Waals surface area contributed by atoms with Gasteiger partial charge in [-0.05, 0) is 73.2 Å². The molecule has 7 atom stereocenters. The molecule has 9 nitrogen and oxygen atoms in total. The first-order chi connectivity index (χ1) is 19.7. The van der Waals surface area contributed by atoms with Crippen LogP contribution in [0.15, 0.2) is 42.5 Å². The highest BCUT2D eigenvalue weighted by molar-refractivity contribution is 7.99. The molecule has 0 aliphatic carbocycles. The second-order valence-electron chi connectivity index (χ2n) is 11.1. The van der Waals surface area contributed by atoms with Gasteiger partial charge in [-0.3, -0.25) is 4.90 Å². The highest BCUT2D eigenvalue weighted by Crippen LogP contribution is 2.36. The van der Waals surface area contributed by atoms with Crippen LogP contribution in [0.1, 0.15) is 53.2 Å². The first kappa shape index (κ1) is 33.9. The maximum atomic E-state index is 10.6. The lowest BCUT2D eigenvalue weighted by Crippen LogP contribution is -2.52. The molecule has 1 fully saturated rings. The largest absolute Gasteiger partial charge is 0.394 e. The molecule has 3 rings (SSSR count). The Morgan fingerprint density at radius 1 is 0.829 bits per heavy atom. The standard InChI is InChI=1S/C31H47NO8S/c1-20-7-12-23(30-28(38)27(37)29(39)31(40-30)41-2)15-24(20)14-22-10-8-21(9-11-22)6-4-3-5-13-32(16-25(35)18-33)17-26(36)19-34/h7-12,15,25-31,33-39H,3-6,13-14,16-19H2,1-2H3/t25-,26?,27+,28+,29-,30-,31+/m0/s1. The Morgan fingerprint density at radius 2 is 1.46 bits per heavy atom. The van der Waals surface area contributed by atoms with Gasteiger partial charge in [-0.1, -0.05) is 48.9 Å². The Hall–Kier alpha value is -1.57. The van der Waals surface area contributed by atoms with Crippen molar-refractivity contribution in [3.8, 4) is 0 Å². The number of hydrogen-bond donors (Lipinski definition) is 7. The van der Waals surface area contributed by atoms with Gasteiger partial charge >= 0.3 is 0 Å². The van der Waals surface area contributed by atoms with E-state index in [1.54, 1.807) is 6.26 Å². The van der Waals surface area contributed by atoms with Gasteiger partial charge in [0.15, 0.2) is 0 Å². The summed E-state index contributed by atoms with van der Waals surface area (Å²) in [6.45, 7) is 2.57. The lowest BCUT2D eigenvalue weighted by Gasteiger charge is -2.40. The van der Waals surface area contributed by atoms with Crippen molar-refractivity contribution in [2.45, 2.75) is 81.1 Å². The van der Waals surface area contributed by atoms with E-state index < -0.39 is 42.1 Å². The van der Waals surface area contributed by atoms with Gasteiger partial charge in [-0.2, -0.15) is 0 Å². The predicted octanol–water partition coefficient (Wildman–Crippen LogP) is 1.15. The first-order valence-electron chi connectivity index (χ1n) is 14.4. The fraction of sp³-hybridized carbons (Fsp3) is 0.613. The van der Waals surface area contributed by atoms with Crippen LogP contribution in [0.25, 0.3) is 0 Å². The number of ether oxygens (including phenoxy) is 1. The summed E-state index contributed by atoms with van der Waals surface area (Å²) in [5.74, 6) is 0. The minimum Gasteiger partial charge on any atom is -0.394 e. The number of benzene rings is 2. The average Bonchev–Trinajstić information content (AvgIpc) is 2.97. The van der Waals surface area contributed by atoms with Crippen molar-refractivity contribution < 1.29 is 40.5 Å². The number of aliphatic hydroxyl groups excluding tert-OH is 7. The molecule has 0 saturated carbocycles. The lowest BCUT2D eigenvalue weighted by atomic mass is 9.91. The molecule has 0 bridgehead atoms. The van der Waals surface area contributed by atoms with E-state index in [1.807, 2.05) is 30.0 Å². The molecule has 1 heterocycles. The highest BCUT2D eigenvalue weighted by atomic mass is 32.2. The Bertz CT molecular complexity index is 1030. The summed E-state index contributed by atoms with van der Waals surface area (Å²) in [4.78, 5) is 1.88. The smallest absolute Gasteiger partial charge is 0.132 e. The van der Waals surface area contributed by atoms with Gasteiger partial charge in [0.2, 0.25) is 0 Å². The SMILES string of the molecule is CS[C@H]1O[C@@H](c2ccc(C)c(Cc3ccc(CCCCCN(CC(O)CO)C[C@H](O)CO)cc3)c2)[C@H](O)[C@@H](O)[C@@H]1O. The highest BCUT2D eigenvalue weighted by Gasteiger charge is 2.44. The van der Waals surface area contributed by atoms with Crippen molar-refractivity contribution in [3.05, 3.63) is 70.3 Å². The Kier molecular flexibility index (Phi) is 14.0. The van der Waals surface area contributed by atoms with Gasteiger partial charge in [0, 0.05) is 13.1 Å². The topological polar surface area (TPSA) is 154 Å². The van der Waals surface area contributed by atoms with Crippen molar-refractivity contribution in [1.82, 2.24) is 4.90 Å². The van der Waals surface area contributed by atoms with Gasteiger partial charge in [-0.15, -0.1) is 11.8 Å². The van der Waals surface area contributed by atoms with Gasteiger partial charge in [0.25, 0.3) is 0 Å². The Morgan fingerprint density at radius 3 is 2.07 bits per heavy atom. The molecular formula is C31H47NO8S. The van der Waals surface area contributed by atoms with E-state index in [9.17, 15) is 25.5 Å². The molecule has 0 radical (unpaired) electrons. The van der Waals surface area contributed by atoms with Gasteiger partial charge in [0.05, 0.1) is 25.4 Å². The van der Waals surface area contributed by atoms with Crippen molar-refractivity contribution in [3.63, 3.8) is 0 Å². The fourth-order valence-corrected chi connectivity index (χ4v) is 5.90. The minimum atomic E-state index is -1.28. The zero-order valence-corrected chi connectivity index (χ0v) is 24.9. The second-order valence-corrected chi connectivity index (χ2v) is 12.0. The van der Waals surface area contributed by atoms with Crippen LogP contribution < -0.4 is 0 Å². The van der Waals surface area contributed by atoms with Gasteiger partial charge in [0.1, 0.15) is 29.9 Å². The molecule has 0 amide bonds. The monoisotopic (exact) mass is 593 g/mol. The average molecular weight is 594 g/mol. The predicted molar refractivity (Wildman–Crippen MR) is 160 cm³/mol. The number of aryl methyl sites for hydroxylation is 2. The van der Waals surface area contributed by atoms with Crippen LogP contribution in [0.5, 0.6) is 0 Å². The van der Waals surface area contributed by atoms with Crippen molar-refractivity contribution in [2.24, 2.45) is 0 Å². The van der Waals surface area contributed by atoms with Crippen LogP contribution >= 0.6 is 11.8 Å². The van der Waals surface area contributed by atoms with Crippen LogP contribution in [-0.4, -0.2) is 116 Å². The third-order valence-corrected chi connectivity index (χ3v) is 8.57. The Balaban J connectivity index is 1.52. The fourth-order valence-electron chi connectivity index (χ4n) is 5.23. The van der Waals surface area contributed by atoms with Crippen molar-refractivity contribution >= 4 is 11.8 Å². The van der Waals surface area contributed by atoms with E-state index in [0.717, 1.165) is 54.4 Å². The molecule has 1 aliphatic rings. The van der Waals surface area contributed by atoms with Crippen LogP contribution in [-0.2, 0) is 17.6 Å². The van der Waals surface area contributed by atoms with Crippen LogP contribution in [0.2, 0.25) is 0 Å². The molecule has 1 saturated heterocycles. The molecule has 1 unspecified atom stereocenters. The summed E-state index contributed by atoms with van der Waals surface area (Å²) in [6.07, 6.45) is 0.221. The molecule has 10 heteroatoms. The zero-order valence-electron chi connectivity index (χ0n) is 24.0. The van der Waals surface area contributed by atoms with Gasteiger partial charge < -0.3 is 40.5 Å².